The molecule has 11 heteroatoms. The van der Waals surface area contributed by atoms with Crippen LogP contribution >= 0.6 is 35.0 Å². The van der Waals surface area contributed by atoms with Gasteiger partial charge in [0.25, 0.3) is 17.0 Å². The maximum Gasteiger partial charge on any atom is 0.277 e. The molecular formula is C21H20Cl2N4O4S. The van der Waals surface area contributed by atoms with E-state index in [9.17, 15) is 4.79 Å². The van der Waals surface area contributed by atoms with Crippen molar-refractivity contribution < 1.29 is 18.7 Å². The average Bonchev–Trinajstić information content (AvgIpc) is 3.24. The number of ether oxygens (including phenoxy) is 2. The highest BCUT2D eigenvalue weighted by molar-refractivity contribution is 7.99. The molecule has 3 aromatic rings. The van der Waals surface area contributed by atoms with E-state index < -0.39 is 0 Å². The number of amides is 1. The molecule has 2 aromatic carbocycles. The number of halogens is 2. The van der Waals surface area contributed by atoms with Gasteiger partial charge in [0.05, 0.1) is 23.6 Å². The van der Waals surface area contributed by atoms with Crippen LogP contribution in [0.25, 0.3) is 0 Å². The van der Waals surface area contributed by atoms with Crippen molar-refractivity contribution in [2.45, 2.75) is 25.2 Å². The van der Waals surface area contributed by atoms with Gasteiger partial charge in [0.2, 0.25) is 0 Å². The highest BCUT2D eigenvalue weighted by Crippen LogP contribution is 2.28. The van der Waals surface area contributed by atoms with E-state index in [-0.39, 0.29) is 29.4 Å². The fourth-order valence-corrected chi connectivity index (χ4v) is 3.33. The number of rotatable bonds is 11. The number of hydrogen-bond acceptors (Lipinski definition) is 8. The van der Waals surface area contributed by atoms with Gasteiger partial charge in [0.15, 0.2) is 6.61 Å². The van der Waals surface area contributed by atoms with Gasteiger partial charge in [0.1, 0.15) is 11.5 Å². The minimum atomic E-state index is -0.307. The maximum atomic E-state index is 12.0. The number of carbonyl (C=O) groups excluding carboxylic acids is 1. The zero-order valence-corrected chi connectivity index (χ0v) is 19.4. The zero-order valence-electron chi connectivity index (χ0n) is 17.1. The van der Waals surface area contributed by atoms with E-state index in [1.807, 2.05) is 31.2 Å². The van der Waals surface area contributed by atoms with Crippen molar-refractivity contribution in [3.63, 3.8) is 0 Å². The lowest BCUT2D eigenvalue weighted by Gasteiger charge is -2.05. The minimum absolute atomic E-state index is 0.0354. The molecule has 1 N–H and O–H groups in total. The average molecular weight is 495 g/mol. The number of hydrogen-bond donors (Lipinski definition) is 1. The minimum Gasteiger partial charge on any atom is -0.494 e. The van der Waals surface area contributed by atoms with Crippen LogP contribution in [0.2, 0.25) is 10.0 Å². The molecular weight excluding hydrogens is 475 g/mol. The third-order valence-corrected chi connectivity index (χ3v) is 5.12. The lowest BCUT2D eigenvalue weighted by molar-refractivity contribution is -0.118. The Balaban J connectivity index is 1.39. The van der Waals surface area contributed by atoms with Crippen molar-refractivity contribution in [3.8, 4) is 11.5 Å². The molecule has 0 unspecified atom stereocenters. The first-order valence-electron chi connectivity index (χ1n) is 9.61. The standard InChI is InChI=1S/C21H20Cl2N4O4S/c1-2-9-29-16-6-3-14(4-7-16)11-24-25-19(28)13-32-21-27-26-20(31-21)12-30-18-8-5-15(22)10-17(18)23/h3-8,10-11H,2,9,12-13H2,1H3,(H,25,28)/b24-11-. The summed E-state index contributed by atoms with van der Waals surface area (Å²) in [6.07, 6.45) is 2.50. The molecule has 0 aliphatic rings. The Morgan fingerprint density at radius 2 is 2.00 bits per heavy atom. The van der Waals surface area contributed by atoms with E-state index in [0.29, 0.717) is 22.4 Å². The summed E-state index contributed by atoms with van der Waals surface area (Å²) in [5, 5.41) is 12.8. The van der Waals surface area contributed by atoms with Crippen LogP contribution in [0.4, 0.5) is 0 Å². The predicted octanol–water partition coefficient (Wildman–Crippen LogP) is 4.99. The lowest BCUT2D eigenvalue weighted by atomic mass is 10.2. The molecule has 0 saturated heterocycles. The Morgan fingerprint density at radius 3 is 2.75 bits per heavy atom. The zero-order chi connectivity index (χ0) is 22.8. The van der Waals surface area contributed by atoms with Crippen LogP contribution in [0.15, 0.2) is 57.2 Å². The molecule has 32 heavy (non-hydrogen) atoms. The van der Waals surface area contributed by atoms with Gasteiger partial charge in [-0.15, -0.1) is 10.2 Å². The van der Waals surface area contributed by atoms with Gasteiger partial charge in [-0.05, 0) is 54.4 Å². The van der Waals surface area contributed by atoms with E-state index >= 15 is 0 Å². The van der Waals surface area contributed by atoms with Gasteiger partial charge in [-0.3, -0.25) is 4.79 Å². The van der Waals surface area contributed by atoms with Crippen LogP contribution in [-0.4, -0.2) is 34.7 Å². The third-order valence-electron chi connectivity index (χ3n) is 3.78. The second kappa shape index (κ2) is 12.3. The van der Waals surface area contributed by atoms with Crippen molar-refractivity contribution >= 4 is 47.1 Å². The summed E-state index contributed by atoms with van der Waals surface area (Å²) >= 11 is 13.0. The number of nitrogens with one attached hydrogen (secondary N) is 1. The topological polar surface area (TPSA) is 98.8 Å². The van der Waals surface area contributed by atoms with Gasteiger partial charge in [-0.1, -0.05) is 41.9 Å². The highest BCUT2D eigenvalue weighted by atomic mass is 35.5. The summed E-state index contributed by atoms with van der Waals surface area (Å²) < 4.78 is 16.5. The van der Waals surface area contributed by atoms with Crippen LogP contribution in [-0.2, 0) is 11.4 Å². The Bertz CT molecular complexity index is 1060. The Morgan fingerprint density at radius 1 is 1.19 bits per heavy atom. The molecule has 3 rings (SSSR count). The first kappa shape index (κ1) is 23.9. The van der Waals surface area contributed by atoms with Crippen LogP contribution in [0, 0.1) is 0 Å². The summed E-state index contributed by atoms with van der Waals surface area (Å²) in [4.78, 5) is 12.0. The van der Waals surface area contributed by atoms with Gasteiger partial charge in [-0.2, -0.15) is 5.10 Å². The smallest absolute Gasteiger partial charge is 0.277 e. The molecule has 0 atom stereocenters. The summed E-state index contributed by atoms with van der Waals surface area (Å²) in [7, 11) is 0. The third kappa shape index (κ3) is 7.74. The SMILES string of the molecule is CCCOc1ccc(/C=N\NC(=O)CSc2nnc(COc3ccc(Cl)cc3Cl)o2)cc1. The van der Waals surface area contributed by atoms with Crippen molar-refractivity contribution in [2.75, 3.05) is 12.4 Å². The number of carbonyl (C=O) groups is 1. The van der Waals surface area contributed by atoms with Crippen molar-refractivity contribution in [1.29, 1.82) is 0 Å². The van der Waals surface area contributed by atoms with E-state index in [4.69, 9.17) is 37.1 Å². The van der Waals surface area contributed by atoms with Crippen LogP contribution in [0.3, 0.4) is 0 Å². The quantitative estimate of drug-likeness (QED) is 0.227. The second-order valence-corrected chi connectivity index (χ2v) is 8.09. The number of thioether (sulfide) groups is 1. The summed E-state index contributed by atoms with van der Waals surface area (Å²) in [6.45, 7) is 2.76. The Labute approximate surface area is 199 Å². The molecule has 0 spiro atoms. The molecule has 0 aliphatic heterocycles. The van der Waals surface area contributed by atoms with Gasteiger partial charge >= 0.3 is 0 Å². The molecule has 0 fully saturated rings. The molecule has 1 aromatic heterocycles. The summed E-state index contributed by atoms with van der Waals surface area (Å²) in [6, 6.07) is 12.3. The number of hydrazone groups is 1. The molecule has 0 radical (unpaired) electrons. The van der Waals surface area contributed by atoms with Gasteiger partial charge in [0, 0.05) is 5.02 Å². The normalized spacial score (nSPS) is 11.0. The first-order chi connectivity index (χ1) is 15.5. The lowest BCUT2D eigenvalue weighted by Crippen LogP contribution is -2.19. The largest absolute Gasteiger partial charge is 0.494 e. The number of aromatic nitrogens is 2. The second-order valence-electron chi connectivity index (χ2n) is 6.32. The summed E-state index contributed by atoms with van der Waals surface area (Å²) in [5.74, 6) is 1.25. The van der Waals surface area contributed by atoms with Gasteiger partial charge < -0.3 is 13.9 Å². The fourth-order valence-electron chi connectivity index (χ4n) is 2.30. The Kier molecular flexibility index (Phi) is 9.21. The summed E-state index contributed by atoms with van der Waals surface area (Å²) in [5.41, 5.74) is 3.29. The van der Waals surface area contributed by atoms with Crippen LogP contribution in [0.1, 0.15) is 24.8 Å². The van der Waals surface area contributed by atoms with Crippen molar-refractivity contribution in [2.24, 2.45) is 5.10 Å². The van der Waals surface area contributed by atoms with Gasteiger partial charge in [-0.25, -0.2) is 5.43 Å². The van der Waals surface area contributed by atoms with Crippen LogP contribution < -0.4 is 14.9 Å². The van der Waals surface area contributed by atoms with E-state index in [1.165, 1.54) is 0 Å². The fraction of sp³-hybridized carbons (Fsp3) is 0.238. The molecule has 168 valence electrons. The van der Waals surface area contributed by atoms with Crippen molar-refractivity contribution in [1.82, 2.24) is 15.6 Å². The van der Waals surface area contributed by atoms with Crippen molar-refractivity contribution in [3.05, 3.63) is 64.0 Å². The molecule has 0 saturated carbocycles. The van der Waals surface area contributed by atoms with E-state index in [2.05, 4.69) is 20.7 Å². The Hall–Kier alpha value is -2.75. The number of nitrogens with zero attached hydrogens (tertiary/aromatic N) is 3. The molecule has 0 bridgehead atoms. The number of benzene rings is 2. The van der Waals surface area contributed by atoms with E-state index in [1.54, 1.807) is 24.4 Å². The molecule has 1 heterocycles. The molecule has 8 nitrogen and oxygen atoms in total. The van der Waals surface area contributed by atoms with Crippen LogP contribution in [0.5, 0.6) is 11.5 Å². The first-order valence-corrected chi connectivity index (χ1v) is 11.4. The maximum absolute atomic E-state index is 12.0. The predicted molar refractivity (Wildman–Crippen MR) is 124 cm³/mol. The monoisotopic (exact) mass is 494 g/mol. The molecule has 0 aliphatic carbocycles. The highest BCUT2D eigenvalue weighted by Gasteiger charge is 2.11. The molecule has 1 amide bonds. The van der Waals surface area contributed by atoms with E-state index in [0.717, 1.165) is 29.5 Å².